The van der Waals surface area contributed by atoms with Crippen molar-refractivity contribution >= 4 is 5.97 Å². The Labute approximate surface area is 122 Å². The zero-order valence-electron chi connectivity index (χ0n) is 13.1. The predicted molar refractivity (Wildman–Crippen MR) is 82.6 cm³/mol. The van der Waals surface area contributed by atoms with Gasteiger partial charge in [-0.25, -0.2) is 0 Å². The van der Waals surface area contributed by atoms with Crippen LogP contribution in [-0.4, -0.2) is 19.1 Å². The van der Waals surface area contributed by atoms with Gasteiger partial charge in [0.05, 0.1) is 7.11 Å². The van der Waals surface area contributed by atoms with Crippen LogP contribution in [0, 0.1) is 19.8 Å². The lowest BCUT2D eigenvalue weighted by molar-refractivity contribution is -0.142. The molecule has 3 heteroatoms. The van der Waals surface area contributed by atoms with E-state index in [-0.39, 0.29) is 5.97 Å². The standard InChI is InChI=1S/C17H27NO2/c1-5-14(11-16(18)17(19)20-4)9-10-15-8-6-7-12(2)13(15)3/h6-8,14,16H,5,9-11,18H2,1-4H3. The summed E-state index contributed by atoms with van der Waals surface area (Å²) < 4.78 is 4.69. The number of hydrogen-bond donors (Lipinski definition) is 1. The number of methoxy groups -OCH3 is 1. The lowest BCUT2D eigenvalue weighted by Crippen LogP contribution is -2.33. The number of ether oxygens (including phenoxy) is 1. The molecule has 2 atom stereocenters. The second-order valence-corrected chi connectivity index (χ2v) is 5.54. The maximum Gasteiger partial charge on any atom is 0.322 e. The van der Waals surface area contributed by atoms with Gasteiger partial charge in [-0.2, -0.15) is 0 Å². The zero-order valence-corrected chi connectivity index (χ0v) is 13.1. The molecule has 0 fully saturated rings. The van der Waals surface area contributed by atoms with Crippen LogP contribution in [0.4, 0.5) is 0 Å². The highest BCUT2D eigenvalue weighted by atomic mass is 16.5. The van der Waals surface area contributed by atoms with Crippen LogP contribution < -0.4 is 5.73 Å². The van der Waals surface area contributed by atoms with Gasteiger partial charge in [-0.1, -0.05) is 31.5 Å². The number of rotatable bonds is 7. The molecule has 20 heavy (non-hydrogen) atoms. The van der Waals surface area contributed by atoms with Gasteiger partial charge in [0, 0.05) is 0 Å². The third-order valence-corrected chi connectivity index (χ3v) is 4.21. The first-order valence-electron chi connectivity index (χ1n) is 7.38. The molecule has 1 rings (SSSR count). The molecule has 1 aromatic rings. The van der Waals surface area contributed by atoms with Gasteiger partial charge in [-0.3, -0.25) is 4.79 Å². The van der Waals surface area contributed by atoms with Gasteiger partial charge in [0.25, 0.3) is 0 Å². The van der Waals surface area contributed by atoms with Crippen molar-refractivity contribution in [3.8, 4) is 0 Å². The second-order valence-electron chi connectivity index (χ2n) is 5.54. The Hall–Kier alpha value is -1.35. The maximum absolute atomic E-state index is 11.4. The van der Waals surface area contributed by atoms with E-state index in [9.17, 15) is 4.79 Å². The lowest BCUT2D eigenvalue weighted by Gasteiger charge is -2.19. The minimum absolute atomic E-state index is 0.310. The van der Waals surface area contributed by atoms with Crippen LogP contribution in [0.5, 0.6) is 0 Å². The quantitative estimate of drug-likeness (QED) is 0.779. The van der Waals surface area contributed by atoms with Crippen LogP contribution in [-0.2, 0) is 16.0 Å². The number of carbonyl (C=O) groups excluding carboxylic acids is 1. The second kappa shape index (κ2) is 8.05. The van der Waals surface area contributed by atoms with Crippen LogP contribution in [0.15, 0.2) is 18.2 Å². The van der Waals surface area contributed by atoms with Crippen LogP contribution >= 0.6 is 0 Å². The summed E-state index contributed by atoms with van der Waals surface area (Å²) in [4.78, 5) is 11.4. The molecule has 0 aliphatic rings. The van der Waals surface area contributed by atoms with Gasteiger partial charge in [-0.05, 0) is 55.7 Å². The number of carbonyl (C=O) groups is 1. The van der Waals surface area contributed by atoms with Crippen molar-refractivity contribution in [2.24, 2.45) is 11.7 Å². The van der Waals surface area contributed by atoms with E-state index < -0.39 is 6.04 Å². The van der Waals surface area contributed by atoms with E-state index in [0.717, 1.165) is 19.3 Å². The minimum Gasteiger partial charge on any atom is -0.468 e. The molecule has 2 unspecified atom stereocenters. The molecular formula is C17H27NO2. The summed E-state index contributed by atoms with van der Waals surface area (Å²) in [6.07, 6.45) is 3.84. The molecule has 0 aliphatic heterocycles. The molecule has 0 aliphatic carbocycles. The van der Waals surface area contributed by atoms with Crippen LogP contribution in [0.25, 0.3) is 0 Å². The maximum atomic E-state index is 11.4. The highest BCUT2D eigenvalue weighted by molar-refractivity contribution is 5.75. The Morgan fingerprint density at radius 3 is 2.65 bits per heavy atom. The summed E-state index contributed by atoms with van der Waals surface area (Å²) in [6.45, 7) is 6.47. The molecule has 0 saturated heterocycles. The van der Waals surface area contributed by atoms with E-state index in [1.54, 1.807) is 0 Å². The van der Waals surface area contributed by atoms with Crippen molar-refractivity contribution in [3.05, 3.63) is 34.9 Å². The first kappa shape index (κ1) is 16.7. The Morgan fingerprint density at radius 2 is 2.05 bits per heavy atom. The summed E-state index contributed by atoms with van der Waals surface area (Å²) in [5, 5.41) is 0. The molecule has 0 aromatic heterocycles. The SMILES string of the molecule is CCC(CCc1cccc(C)c1C)CC(N)C(=O)OC. The van der Waals surface area contributed by atoms with Gasteiger partial charge in [0.15, 0.2) is 0 Å². The summed E-state index contributed by atoms with van der Waals surface area (Å²) in [7, 11) is 1.39. The summed E-state index contributed by atoms with van der Waals surface area (Å²) in [6, 6.07) is 5.95. The molecule has 0 amide bonds. The van der Waals surface area contributed by atoms with E-state index in [4.69, 9.17) is 10.5 Å². The van der Waals surface area contributed by atoms with E-state index >= 15 is 0 Å². The number of aryl methyl sites for hydroxylation is 2. The molecule has 0 saturated carbocycles. The summed E-state index contributed by atoms with van der Waals surface area (Å²) in [5.41, 5.74) is 9.96. The van der Waals surface area contributed by atoms with Gasteiger partial charge in [-0.15, -0.1) is 0 Å². The van der Waals surface area contributed by atoms with Gasteiger partial charge >= 0.3 is 5.97 Å². The highest BCUT2D eigenvalue weighted by Gasteiger charge is 2.19. The van der Waals surface area contributed by atoms with Gasteiger partial charge < -0.3 is 10.5 Å². The van der Waals surface area contributed by atoms with Crippen molar-refractivity contribution in [2.45, 2.75) is 52.5 Å². The Bertz CT molecular complexity index is 443. The minimum atomic E-state index is -0.497. The fraction of sp³-hybridized carbons (Fsp3) is 0.588. The number of nitrogens with two attached hydrogens (primary N) is 1. The average Bonchev–Trinajstić information content (AvgIpc) is 2.46. The molecular weight excluding hydrogens is 250 g/mol. The van der Waals surface area contributed by atoms with E-state index in [1.807, 2.05) is 0 Å². The normalized spacial score (nSPS) is 13.8. The Kier molecular flexibility index (Phi) is 6.73. The molecule has 3 nitrogen and oxygen atoms in total. The summed E-state index contributed by atoms with van der Waals surface area (Å²) >= 11 is 0. The molecule has 0 bridgehead atoms. The monoisotopic (exact) mass is 277 g/mol. The lowest BCUT2D eigenvalue weighted by atomic mass is 9.89. The molecule has 0 heterocycles. The molecule has 1 aromatic carbocycles. The number of benzene rings is 1. The Balaban J connectivity index is 2.57. The molecule has 0 radical (unpaired) electrons. The first-order valence-corrected chi connectivity index (χ1v) is 7.38. The van der Waals surface area contributed by atoms with Crippen molar-refractivity contribution in [1.82, 2.24) is 0 Å². The van der Waals surface area contributed by atoms with Gasteiger partial charge in [0.1, 0.15) is 6.04 Å². The Morgan fingerprint density at radius 1 is 1.35 bits per heavy atom. The van der Waals surface area contributed by atoms with Crippen molar-refractivity contribution < 1.29 is 9.53 Å². The molecule has 112 valence electrons. The third-order valence-electron chi connectivity index (χ3n) is 4.21. The first-order chi connectivity index (χ1) is 9.49. The smallest absolute Gasteiger partial charge is 0.322 e. The van der Waals surface area contributed by atoms with E-state index in [0.29, 0.717) is 12.3 Å². The molecule has 2 N–H and O–H groups in total. The van der Waals surface area contributed by atoms with Crippen LogP contribution in [0.2, 0.25) is 0 Å². The van der Waals surface area contributed by atoms with E-state index in [2.05, 4.69) is 39.0 Å². The van der Waals surface area contributed by atoms with Gasteiger partial charge in [0.2, 0.25) is 0 Å². The third kappa shape index (κ3) is 4.64. The fourth-order valence-corrected chi connectivity index (χ4v) is 2.54. The van der Waals surface area contributed by atoms with Crippen LogP contribution in [0.1, 0.15) is 42.9 Å². The van der Waals surface area contributed by atoms with E-state index in [1.165, 1.54) is 23.8 Å². The molecule has 0 spiro atoms. The highest BCUT2D eigenvalue weighted by Crippen LogP contribution is 2.21. The fourth-order valence-electron chi connectivity index (χ4n) is 2.54. The largest absolute Gasteiger partial charge is 0.468 e. The topological polar surface area (TPSA) is 52.3 Å². The van der Waals surface area contributed by atoms with Crippen LogP contribution in [0.3, 0.4) is 0 Å². The van der Waals surface area contributed by atoms with Crippen molar-refractivity contribution in [2.75, 3.05) is 7.11 Å². The zero-order chi connectivity index (χ0) is 15.1. The van der Waals surface area contributed by atoms with Crippen molar-refractivity contribution in [3.63, 3.8) is 0 Å². The average molecular weight is 277 g/mol. The number of hydrogen-bond acceptors (Lipinski definition) is 3. The van der Waals surface area contributed by atoms with Crippen molar-refractivity contribution in [1.29, 1.82) is 0 Å². The summed E-state index contributed by atoms with van der Waals surface area (Å²) in [5.74, 6) is 0.152. The predicted octanol–water partition coefficient (Wildman–Crippen LogP) is 3.15. The number of esters is 1.